The molecule has 7 nitrogen and oxygen atoms in total. The highest BCUT2D eigenvalue weighted by molar-refractivity contribution is 5.92. The van der Waals surface area contributed by atoms with Crippen molar-refractivity contribution < 1.29 is 4.79 Å². The van der Waals surface area contributed by atoms with Gasteiger partial charge in [-0.15, -0.1) is 0 Å². The van der Waals surface area contributed by atoms with E-state index >= 15 is 0 Å². The summed E-state index contributed by atoms with van der Waals surface area (Å²) in [6.45, 7) is 9.50. The molecule has 4 rings (SSSR count). The molecule has 0 bridgehead atoms. The number of carbonyl (C=O) groups excluding carboxylic acids is 1. The van der Waals surface area contributed by atoms with Crippen molar-refractivity contribution in [1.82, 2.24) is 29.4 Å². The molecule has 27 heavy (non-hydrogen) atoms. The van der Waals surface area contributed by atoms with E-state index in [2.05, 4.69) is 19.8 Å². The molecular weight excluding hydrogens is 340 g/mol. The summed E-state index contributed by atoms with van der Waals surface area (Å²) in [6.07, 6.45) is 6.86. The molecule has 146 valence electrons. The number of nitrogens with zero attached hydrogens (tertiary/aromatic N) is 6. The zero-order valence-corrected chi connectivity index (χ0v) is 16.5. The number of aromatic nitrogens is 4. The third-order valence-corrected chi connectivity index (χ3v) is 5.82. The zero-order chi connectivity index (χ0) is 18.8. The van der Waals surface area contributed by atoms with Gasteiger partial charge in [0, 0.05) is 25.8 Å². The van der Waals surface area contributed by atoms with Gasteiger partial charge in [-0.25, -0.2) is 0 Å². The number of hydrogen-bond donors (Lipinski definition) is 0. The fourth-order valence-electron chi connectivity index (χ4n) is 4.39. The molecule has 2 aromatic rings. The van der Waals surface area contributed by atoms with E-state index in [1.165, 1.54) is 32.4 Å². The molecule has 2 aromatic heterocycles. The lowest BCUT2D eigenvalue weighted by molar-refractivity contribution is 0.0642. The maximum absolute atomic E-state index is 13.2. The number of fused-ring (bicyclic) bond motifs is 1. The van der Waals surface area contributed by atoms with Crippen LogP contribution in [-0.2, 0) is 13.1 Å². The molecular formula is C20H30N6O. The van der Waals surface area contributed by atoms with Crippen molar-refractivity contribution >= 4 is 5.91 Å². The summed E-state index contributed by atoms with van der Waals surface area (Å²) in [5.41, 5.74) is 2.71. The van der Waals surface area contributed by atoms with Crippen LogP contribution in [0, 0.1) is 6.92 Å². The fourth-order valence-corrected chi connectivity index (χ4v) is 4.39. The number of piperidine rings is 1. The van der Waals surface area contributed by atoms with Gasteiger partial charge < -0.3 is 9.80 Å². The first-order valence-corrected chi connectivity index (χ1v) is 10.2. The van der Waals surface area contributed by atoms with Crippen LogP contribution in [0.15, 0.2) is 18.3 Å². The lowest BCUT2D eigenvalue weighted by Crippen LogP contribution is -2.43. The summed E-state index contributed by atoms with van der Waals surface area (Å²) in [5.74, 6) is 0.0767. The normalized spacial score (nSPS) is 20.7. The Labute approximate surface area is 160 Å². The maximum Gasteiger partial charge on any atom is 0.272 e. The summed E-state index contributed by atoms with van der Waals surface area (Å²) in [4.78, 5) is 17.7. The van der Waals surface area contributed by atoms with Gasteiger partial charge in [0.2, 0.25) is 0 Å². The number of hydrogen-bond acceptors (Lipinski definition) is 4. The Kier molecular flexibility index (Phi) is 5.29. The second kappa shape index (κ2) is 7.84. The van der Waals surface area contributed by atoms with Crippen LogP contribution in [0.3, 0.4) is 0 Å². The van der Waals surface area contributed by atoms with E-state index in [0.717, 1.165) is 30.9 Å². The molecule has 1 amide bonds. The molecule has 1 fully saturated rings. The zero-order valence-electron chi connectivity index (χ0n) is 16.5. The van der Waals surface area contributed by atoms with Gasteiger partial charge in [-0.1, -0.05) is 6.42 Å². The third-order valence-electron chi connectivity index (χ3n) is 5.82. The van der Waals surface area contributed by atoms with Gasteiger partial charge >= 0.3 is 0 Å². The summed E-state index contributed by atoms with van der Waals surface area (Å²) < 4.78 is 3.95. The number of rotatable bonds is 5. The molecule has 0 saturated carbocycles. The van der Waals surface area contributed by atoms with Gasteiger partial charge in [-0.2, -0.15) is 10.2 Å². The van der Waals surface area contributed by atoms with Crippen LogP contribution in [0.5, 0.6) is 0 Å². The van der Waals surface area contributed by atoms with Crippen molar-refractivity contribution in [3.05, 3.63) is 35.4 Å². The molecule has 0 N–H and O–H groups in total. The second-order valence-corrected chi connectivity index (χ2v) is 7.78. The van der Waals surface area contributed by atoms with Crippen molar-refractivity contribution in [2.24, 2.45) is 0 Å². The Morgan fingerprint density at radius 3 is 2.85 bits per heavy atom. The molecule has 0 aliphatic carbocycles. The topological polar surface area (TPSA) is 59.2 Å². The highest BCUT2D eigenvalue weighted by Gasteiger charge is 2.30. The molecule has 7 heteroatoms. The molecule has 1 unspecified atom stereocenters. The summed E-state index contributed by atoms with van der Waals surface area (Å²) in [5, 5.41) is 8.99. The quantitative estimate of drug-likeness (QED) is 0.811. The standard InChI is InChI=1S/C20H30N6O/c1-3-25-19(13-16(2)22-25)20(27)24-14-17-7-9-21-26(17)18(15-24)8-12-23-10-5-4-6-11-23/h7,9,13,18H,3-6,8,10-12,14-15H2,1-2H3. The summed E-state index contributed by atoms with van der Waals surface area (Å²) in [7, 11) is 0. The largest absolute Gasteiger partial charge is 0.329 e. The van der Waals surface area contributed by atoms with E-state index < -0.39 is 0 Å². The van der Waals surface area contributed by atoms with E-state index in [0.29, 0.717) is 18.8 Å². The van der Waals surface area contributed by atoms with E-state index in [1.807, 2.05) is 41.8 Å². The SMILES string of the molecule is CCn1nc(C)cc1C(=O)N1Cc2ccnn2C(CCN2CCCCC2)C1. The molecule has 1 saturated heterocycles. The Balaban J connectivity index is 1.49. The van der Waals surface area contributed by atoms with Crippen molar-refractivity contribution in [3.63, 3.8) is 0 Å². The average Bonchev–Trinajstić information content (AvgIpc) is 3.32. The number of amides is 1. The lowest BCUT2D eigenvalue weighted by Gasteiger charge is -2.35. The first-order valence-electron chi connectivity index (χ1n) is 10.2. The Morgan fingerprint density at radius 2 is 2.07 bits per heavy atom. The van der Waals surface area contributed by atoms with Crippen LogP contribution in [-0.4, -0.2) is 61.4 Å². The third kappa shape index (κ3) is 3.78. The Hall–Kier alpha value is -2.15. The van der Waals surface area contributed by atoms with Gasteiger partial charge in [0.25, 0.3) is 5.91 Å². The first-order chi connectivity index (χ1) is 13.2. The fraction of sp³-hybridized carbons (Fsp3) is 0.650. The smallest absolute Gasteiger partial charge is 0.272 e. The average molecular weight is 371 g/mol. The van der Waals surface area contributed by atoms with Gasteiger partial charge in [0.15, 0.2) is 0 Å². The van der Waals surface area contributed by atoms with E-state index in [4.69, 9.17) is 0 Å². The maximum atomic E-state index is 13.2. The molecule has 0 spiro atoms. The van der Waals surface area contributed by atoms with Crippen molar-refractivity contribution in [2.75, 3.05) is 26.2 Å². The van der Waals surface area contributed by atoms with Crippen LogP contribution >= 0.6 is 0 Å². The molecule has 0 radical (unpaired) electrons. The molecule has 1 atom stereocenters. The van der Waals surface area contributed by atoms with Gasteiger partial charge in [0.05, 0.1) is 24.0 Å². The van der Waals surface area contributed by atoms with Crippen LogP contribution < -0.4 is 0 Å². The lowest BCUT2D eigenvalue weighted by atomic mass is 10.1. The van der Waals surface area contributed by atoms with Crippen LogP contribution in [0.2, 0.25) is 0 Å². The minimum absolute atomic E-state index is 0.0767. The molecule has 2 aliphatic heterocycles. The van der Waals surface area contributed by atoms with Gasteiger partial charge in [-0.3, -0.25) is 14.2 Å². The van der Waals surface area contributed by atoms with Crippen LogP contribution in [0.4, 0.5) is 0 Å². The summed E-state index contributed by atoms with van der Waals surface area (Å²) in [6, 6.07) is 4.18. The van der Waals surface area contributed by atoms with E-state index in [1.54, 1.807) is 0 Å². The number of aryl methyl sites for hydroxylation is 2. The van der Waals surface area contributed by atoms with Crippen molar-refractivity contribution in [1.29, 1.82) is 0 Å². The predicted octanol–water partition coefficient (Wildman–Crippen LogP) is 2.48. The summed E-state index contributed by atoms with van der Waals surface area (Å²) >= 11 is 0. The minimum Gasteiger partial charge on any atom is -0.329 e. The Bertz CT molecular complexity index is 788. The number of likely N-dealkylation sites (tertiary alicyclic amines) is 1. The monoisotopic (exact) mass is 370 g/mol. The first kappa shape index (κ1) is 18.2. The highest BCUT2D eigenvalue weighted by Crippen LogP contribution is 2.25. The predicted molar refractivity (Wildman–Crippen MR) is 104 cm³/mol. The molecule has 2 aliphatic rings. The van der Waals surface area contributed by atoms with Crippen molar-refractivity contribution in [3.8, 4) is 0 Å². The van der Waals surface area contributed by atoms with Gasteiger partial charge in [0.1, 0.15) is 5.69 Å². The highest BCUT2D eigenvalue weighted by atomic mass is 16.2. The van der Waals surface area contributed by atoms with Crippen LogP contribution in [0.1, 0.15) is 60.5 Å². The molecule has 0 aromatic carbocycles. The minimum atomic E-state index is 0.0767. The molecule has 4 heterocycles. The second-order valence-electron chi connectivity index (χ2n) is 7.78. The van der Waals surface area contributed by atoms with Crippen molar-refractivity contribution in [2.45, 2.75) is 58.7 Å². The van der Waals surface area contributed by atoms with Gasteiger partial charge in [-0.05, 0) is 58.3 Å². The van der Waals surface area contributed by atoms with E-state index in [-0.39, 0.29) is 11.9 Å². The van der Waals surface area contributed by atoms with Crippen LogP contribution in [0.25, 0.3) is 0 Å². The Morgan fingerprint density at radius 1 is 1.26 bits per heavy atom. The number of carbonyl (C=O) groups is 1. The van der Waals surface area contributed by atoms with E-state index in [9.17, 15) is 4.79 Å².